The van der Waals surface area contributed by atoms with Crippen molar-refractivity contribution in [3.63, 3.8) is 0 Å². The van der Waals surface area contributed by atoms with E-state index in [1.54, 1.807) is 32.6 Å². The fourth-order valence-corrected chi connectivity index (χ4v) is 6.82. The van der Waals surface area contributed by atoms with E-state index in [1.165, 1.54) is 16.9 Å². The second-order valence-electron chi connectivity index (χ2n) is 8.61. The summed E-state index contributed by atoms with van der Waals surface area (Å²) in [5, 5.41) is 12.4. The Bertz CT molecular complexity index is 1170. The molecular weight excluding hydrogens is 501 g/mol. The molecule has 0 radical (unpaired) electrons. The SMILES string of the molecule is Cc1ccsc1C1CC(c2cccs2)=NN1C(=O)CN(CCN1CCOCC1)C(=O)c1cccs1. The van der Waals surface area contributed by atoms with E-state index in [4.69, 9.17) is 9.84 Å². The van der Waals surface area contributed by atoms with Crippen molar-refractivity contribution in [2.75, 3.05) is 45.9 Å². The summed E-state index contributed by atoms with van der Waals surface area (Å²) < 4.78 is 5.45. The van der Waals surface area contributed by atoms with Gasteiger partial charge in [0, 0.05) is 37.5 Å². The van der Waals surface area contributed by atoms with Crippen molar-refractivity contribution in [1.29, 1.82) is 0 Å². The van der Waals surface area contributed by atoms with Gasteiger partial charge >= 0.3 is 0 Å². The molecule has 5 heterocycles. The zero-order chi connectivity index (χ0) is 24.2. The Labute approximate surface area is 217 Å². The van der Waals surface area contributed by atoms with Crippen LogP contribution < -0.4 is 0 Å². The largest absolute Gasteiger partial charge is 0.379 e. The number of carbonyl (C=O) groups is 2. The summed E-state index contributed by atoms with van der Waals surface area (Å²) >= 11 is 4.70. The van der Waals surface area contributed by atoms with E-state index in [2.05, 4.69) is 23.3 Å². The molecule has 184 valence electrons. The Kier molecular flexibility index (Phi) is 7.74. The molecule has 0 spiro atoms. The lowest BCUT2D eigenvalue weighted by atomic mass is 10.1. The quantitative estimate of drug-likeness (QED) is 0.437. The molecule has 0 aliphatic carbocycles. The Hall–Kier alpha value is -2.37. The predicted molar refractivity (Wildman–Crippen MR) is 142 cm³/mol. The Morgan fingerprint density at radius 1 is 1.09 bits per heavy atom. The van der Waals surface area contributed by atoms with E-state index in [9.17, 15) is 9.59 Å². The summed E-state index contributed by atoms with van der Waals surface area (Å²) in [6.07, 6.45) is 0.681. The van der Waals surface area contributed by atoms with Crippen LogP contribution in [0.25, 0.3) is 0 Å². The highest BCUT2D eigenvalue weighted by atomic mass is 32.1. The van der Waals surface area contributed by atoms with Crippen LogP contribution in [0.1, 0.15) is 37.5 Å². The number of aryl methyl sites for hydroxylation is 1. The number of morpholine rings is 1. The molecule has 5 rings (SSSR count). The average molecular weight is 529 g/mol. The van der Waals surface area contributed by atoms with E-state index in [0.29, 0.717) is 37.6 Å². The molecule has 1 atom stereocenters. The topological polar surface area (TPSA) is 65.5 Å². The Balaban J connectivity index is 1.37. The normalized spacial score (nSPS) is 18.6. The van der Waals surface area contributed by atoms with E-state index in [1.807, 2.05) is 35.0 Å². The van der Waals surface area contributed by atoms with E-state index in [0.717, 1.165) is 28.6 Å². The minimum Gasteiger partial charge on any atom is -0.379 e. The molecule has 1 fully saturated rings. The van der Waals surface area contributed by atoms with Crippen LogP contribution in [-0.2, 0) is 9.53 Å². The minimum atomic E-state index is -0.152. The first-order valence-corrected chi connectivity index (χ1v) is 14.3. The fraction of sp³-hybridized carbons (Fsp3) is 0.400. The number of rotatable bonds is 8. The summed E-state index contributed by atoms with van der Waals surface area (Å²) in [6, 6.07) is 9.68. The molecule has 10 heteroatoms. The molecule has 1 saturated heterocycles. The summed E-state index contributed by atoms with van der Waals surface area (Å²) in [4.78, 5) is 33.9. The van der Waals surface area contributed by atoms with Gasteiger partial charge in [0.15, 0.2) is 0 Å². The van der Waals surface area contributed by atoms with Crippen LogP contribution in [0.2, 0.25) is 0 Å². The number of hydrogen-bond donors (Lipinski definition) is 0. The number of ether oxygens (including phenoxy) is 1. The van der Waals surface area contributed by atoms with Crippen molar-refractivity contribution >= 4 is 51.5 Å². The van der Waals surface area contributed by atoms with Crippen molar-refractivity contribution in [2.45, 2.75) is 19.4 Å². The van der Waals surface area contributed by atoms with Gasteiger partial charge in [-0.1, -0.05) is 12.1 Å². The van der Waals surface area contributed by atoms with Crippen molar-refractivity contribution < 1.29 is 14.3 Å². The lowest BCUT2D eigenvalue weighted by molar-refractivity contribution is -0.133. The number of hydrazone groups is 1. The molecule has 0 N–H and O–H groups in total. The van der Waals surface area contributed by atoms with Gasteiger partial charge in [-0.15, -0.1) is 34.0 Å². The minimum absolute atomic E-state index is 0.00319. The van der Waals surface area contributed by atoms with Crippen LogP contribution in [0.5, 0.6) is 0 Å². The van der Waals surface area contributed by atoms with E-state index >= 15 is 0 Å². The van der Waals surface area contributed by atoms with Crippen molar-refractivity contribution in [1.82, 2.24) is 14.8 Å². The van der Waals surface area contributed by atoms with Crippen LogP contribution in [0.15, 0.2) is 51.6 Å². The first kappa shape index (κ1) is 24.3. The van der Waals surface area contributed by atoms with Gasteiger partial charge in [-0.2, -0.15) is 5.10 Å². The molecule has 0 saturated carbocycles. The first-order valence-electron chi connectivity index (χ1n) is 11.7. The standard InChI is InChI=1S/C25H28N4O3S3/c1-18-6-15-35-24(18)20-16-19(21-4-2-13-33-21)26-29(20)23(30)17-28(25(31)22-5-3-14-34-22)8-7-27-9-11-32-12-10-27/h2-6,13-15,20H,7-12,16-17H2,1H3. The maximum absolute atomic E-state index is 13.7. The van der Waals surface area contributed by atoms with Crippen LogP contribution in [-0.4, -0.2) is 78.3 Å². The highest BCUT2D eigenvalue weighted by Crippen LogP contribution is 2.38. The van der Waals surface area contributed by atoms with Gasteiger partial charge in [0.05, 0.1) is 34.7 Å². The number of carbonyl (C=O) groups excluding carboxylic acids is 2. The third-order valence-corrected chi connectivity index (χ3v) is 9.21. The molecule has 0 bridgehead atoms. The maximum atomic E-state index is 13.7. The lowest BCUT2D eigenvalue weighted by Crippen LogP contribution is -2.46. The molecule has 1 unspecified atom stereocenters. The highest BCUT2D eigenvalue weighted by molar-refractivity contribution is 7.12. The molecular formula is C25H28N4O3S3. The van der Waals surface area contributed by atoms with Gasteiger partial charge in [0.25, 0.3) is 11.8 Å². The lowest BCUT2D eigenvalue weighted by Gasteiger charge is -2.31. The molecule has 3 aromatic rings. The van der Waals surface area contributed by atoms with E-state index in [-0.39, 0.29) is 24.4 Å². The van der Waals surface area contributed by atoms with Gasteiger partial charge in [-0.3, -0.25) is 14.5 Å². The van der Waals surface area contributed by atoms with Gasteiger partial charge in [-0.25, -0.2) is 5.01 Å². The molecule has 35 heavy (non-hydrogen) atoms. The van der Waals surface area contributed by atoms with Gasteiger partial charge in [-0.05, 0) is 46.8 Å². The zero-order valence-corrected chi connectivity index (χ0v) is 22.0. The monoisotopic (exact) mass is 528 g/mol. The van der Waals surface area contributed by atoms with Crippen molar-refractivity contribution in [3.05, 3.63) is 66.7 Å². The second kappa shape index (κ2) is 11.1. The van der Waals surface area contributed by atoms with Gasteiger partial charge in [0.1, 0.15) is 6.54 Å². The summed E-state index contributed by atoms with van der Waals surface area (Å²) in [5.41, 5.74) is 2.09. The Morgan fingerprint density at radius 2 is 1.89 bits per heavy atom. The van der Waals surface area contributed by atoms with Crippen LogP contribution >= 0.6 is 34.0 Å². The molecule has 7 nitrogen and oxygen atoms in total. The second-order valence-corrected chi connectivity index (χ2v) is 11.5. The average Bonchev–Trinajstić information content (AvgIpc) is 3.68. The van der Waals surface area contributed by atoms with Crippen molar-refractivity contribution in [3.8, 4) is 0 Å². The number of thiophene rings is 3. The fourth-order valence-electron chi connectivity index (χ4n) is 4.39. The number of amides is 2. The maximum Gasteiger partial charge on any atom is 0.264 e. The molecule has 2 aliphatic rings. The van der Waals surface area contributed by atoms with Gasteiger partial charge < -0.3 is 9.64 Å². The summed E-state index contributed by atoms with van der Waals surface area (Å²) in [6.45, 7) is 6.37. The van der Waals surface area contributed by atoms with E-state index < -0.39 is 0 Å². The summed E-state index contributed by atoms with van der Waals surface area (Å²) in [5.74, 6) is -0.256. The third-order valence-electron chi connectivity index (χ3n) is 6.31. The smallest absolute Gasteiger partial charge is 0.264 e. The third kappa shape index (κ3) is 5.57. The van der Waals surface area contributed by atoms with Crippen LogP contribution in [0.4, 0.5) is 0 Å². The molecule has 2 aliphatic heterocycles. The number of nitrogens with zero attached hydrogens (tertiary/aromatic N) is 4. The molecule has 2 amide bonds. The summed E-state index contributed by atoms with van der Waals surface area (Å²) in [7, 11) is 0. The van der Waals surface area contributed by atoms with Crippen LogP contribution in [0.3, 0.4) is 0 Å². The van der Waals surface area contributed by atoms with Gasteiger partial charge in [0.2, 0.25) is 0 Å². The molecule has 0 aromatic carbocycles. The highest BCUT2D eigenvalue weighted by Gasteiger charge is 2.36. The zero-order valence-electron chi connectivity index (χ0n) is 19.6. The Morgan fingerprint density at radius 3 is 2.57 bits per heavy atom. The molecule has 3 aromatic heterocycles. The predicted octanol–water partition coefficient (Wildman–Crippen LogP) is 4.33. The first-order chi connectivity index (χ1) is 17.1. The van der Waals surface area contributed by atoms with Crippen LogP contribution in [0, 0.1) is 6.92 Å². The van der Waals surface area contributed by atoms with Crippen molar-refractivity contribution in [2.24, 2.45) is 5.10 Å². The number of hydrogen-bond acceptors (Lipinski definition) is 8.